The summed E-state index contributed by atoms with van der Waals surface area (Å²) in [4.78, 5) is 12.3. The average molecular weight is 581 g/mol. The van der Waals surface area contributed by atoms with Crippen molar-refractivity contribution in [3.05, 3.63) is 12.2 Å². The average Bonchev–Trinajstić information content (AvgIpc) is 2.98. The molecule has 0 aliphatic rings. The summed E-state index contributed by atoms with van der Waals surface area (Å²) in [6.45, 7) is 4.52. The second-order valence-corrected chi connectivity index (χ2v) is 12.7. The summed E-state index contributed by atoms with van der Waals surface area (Å²) in [7, 11) is 0. The molecule has 4 heteroatoms. The maximum absolute atomic E-state index is 12.3. The minimum Gasteiger partial charge on any atom is -0.390 e. The van der Waals surface area contributed by atoms with E-state index in [4.69, 9.17) is 0 Å². The van der Waals surface area contributed by atoms with Crippen LogP contribution in [0.5, 0.6) is 0 Å². The lowest BCUT2D eigenvalue weighted by Crippen LogP contribution is -2.42. The largest absolute Gasteiger partial charge is 0.390 e. The topological polar surface area (TPSA) is 77.8 Å². The summed E-state index contributed by atoms with van der Waals surface area (Å²) < 4.78 is 0. The molecule has 0 saturated carbocycles. The van der Waals surface area contributed by atoms with Gasteiger partial charge in [-0.25, -0.2) is 0 Å². The maximum atomic E-state index is 12.3. The lowest BCUT2D eigenvalue weighted by atomic mass is 9.96. The van der Waals surface area contributed by atoms with Crippen LogP contribution >= 0.6 is 0 Å². The second-order valence-electron chi connectivity index (χ2n) is 12.7. The van der Waals surface area contributed by atoms with Crippen molar-refractivity contribution < 1.29 is 20.1 Å². The number of hydrogen-bond acceptors (Lipinski definition) is 4. The first-order valence-electron chi connectivity index (χ1n) is 18.3. The van der Waals surface area contributed by atoms with Crippen molar-refractivity contribution in [1.82, 2.24) is 0 Å². The van der Waals surface area contributed by atoms with E-state index in [1.165, 1.54) is 128 Å². The highest BCUT2D eigenvalue weighted by atomic mass is 16.4. The van der Waals surface area contributed by atoms with Crippen LogP contribution in [0, 0.1) is 0 Å². The van der Waals surface area contributed by atoms with Crippen LogP contribution in [0.15, 0.2) is 12.2 Å². The van der Waals surface area contributed by atoms with E-state index < -0.39 is 18.3 Å². The second kappa shape index (κ2) is 32.2. The van der Waals surface area contributed by atoms with Gasteiger partial charge in [0.2, 0.25) is 0 Å². The van der Waals surface area contributed by atoms with Gasteiger partial charge in [0.25, 0.3) is 0 Å². The zero-order valence-electron chi connectivity index (χ0n) is 27.6. The highest BCUT2D eigenvalue weighted by molar-refractivity contribution is 5.83. The molecule has 4 nitrogen and oxygen atoms in total. The van der Waals surface area contributed by atoms with E-state index in [1.54, 1.807) is 0 Å². The minimum absolute atomic E-state index is 0.280. The predicted molar refractivity (Wildman–Crippen MR) is 177 cm³/mol. The first-order valence-corrected chi connectivity index (χ1v) is 18.3. The summed E-state index contributed by atoms with van der Waals surface area (Å²) in [5, 5.41) is 30.7. The molecule has 3 unspecified atom stereocenters. The lowest BCUT2D eigenvalue weighted by Gasteiger charge is -2.22. The van der Waals surface area contributed by atoms with Crippen LogP contribution in [-0.4, -0.2) is 39.4 Å². The van der Waals surface area contributed by atoms with E-state index in [1.807, 2.05) is 0 Å². The van der Waals surface area contributed by atoms with Crippen molar-refractivity contribution in [2.24, 2.45) is 0 Å². The molecule has 0 heterocycles. The zero-order valence-corrected chi connectivity index (χ0v) is 27.6. The van der Waals surface area contributed by atoms with Gasteiger partial charge in [0.1, 0.15) is 12.2 Å². The number of unbranched alkanes of at least 4 members (excludes halogenated alkanes) is 24. The number of rotatable bonds is 33. The fourth-order valence-electron chi connectivity index (χ4n) is 5.64. The number of hydrogen-bond donors (Lipinski definition) is 3. The summed E-state index contributed by atoms with van der Waals surface area (Å²) in [5.74, 6) is -0.338. The van der Waals surface area contributed by atoms with Crippen molar-refractivity contribution in [3.8, 4) is 0 Å². The molecule has 0 aromatic carbocycles. The summed E-state index contributed by atoms with van der Waals surface area (Å²) in [5.41, 5.74) is 0. The zero-order chi connectivity index (χ0) is 30.2. The Balaban J connectivity index is 3.58. The fourth-order valence-corrected chi connectivity index (χ4v) is 5.64. The molecule has 0 spiro atoms. The van der Waals surface area contributed by atoms with Crippen LogP contribution in [0.2, 0.25) is 0 Å². The Kier molecular flexibility index (Phi) is 31.7. The Morgan fingerprint density at radius 3 is 1.24 bits per heavy atom. The van der Waals surface area contributed by atoms with E-state index in [-0.39, 0.29) is 12.2 Å². The summed E-state index contributed by atoms with van der Waals surface area (Å²) >= 11 is 0. The third-order valence-corrected chi connectivity index (χ3v) is 8.59. The molecule has 0 aromatic rings. The van der Waals surface area contributed by atoms with Gasteiger partial charge in [0, 0.05) is 6.42 Å². The van der Waals surface area contributed by atoms with Gasteiger partial charge in [-0.2, -0.15) is 0 Å². The molecule has 244 valence electrons. The predicted octanol–water partition coefficient (Wildman–Crippen LogP) is 10.5. The molecule has 3 atom stereocenters. The van der Waals surface area contributed by atoms with Gasteiger partial charge in [-0.1, -0.05) is 167 Å². The third-order valence-electron chi connectivity index (χ3n) is 8.59. The Morgan fingerprint density at radius 1 is 0.488 bits per heavy atom. The first-order chi connectivity index (χ1) is 20.0. The maximum Gasteiger partial charge on any atom is 0.164 e. The SMILES string of the molecule is CCCCCCCC/C=C\CCCCCCCC(=O)C(O)C(O)C(O)CCCCCCCCCCCCCCCC. The van der Waals surface area contributed by atoms with E-state index in [0.717, 1.165) is 44.9 Å². The van der Waals surface area contributed by atoms with Gasteiger partial charge >= 0.3 is 0 Å². The Hall–Kier alpha value is -0.710. The molecule has 0 fully saturated rings. The normalized spacial score (nSPS) is 14.1. The molecule has 0 radical (unpaired) electrons. The monoisotopic (exact) mass is 581 g/mol. The molecule has 0 bridgehead atoms. The quantitative estimate of drug-likeness (QED) is 0.0533. The Bertz CT molecular complexity index is 561. The van der Waals surface area contributed by atoms with Crippen LogP contribution in [0.4, 0.5) is 0 Å². The molecule has 41 heavy (non-hydrogen) atoms. The van der Waals surface area contributed by atoms with Crippen LogP contribution in [0.25, 0.3) is 0 Å². The summed E-state index contributed by atoms with van der Waals surface area (Å²) in [6, 6.07) is 0. The van der Waals surface area contributed by atoms with Gasteiger partial charge in [-0.15, -0.1) is 0 Å². The number of aliphatic hydroxyl groups is 3. The Labute approximate surface area is 256 Å². The van der Waals surface area contributed by atoms with Crippen LogP contribution in [0.3, 0.4) is 0 Å². The van der Waals surface area contributed by atoms with Gasteiger partial charge in [-0.05, 0) is 38.5 Å². The lowest BCUT2D eigenvalue weighted by molar-refractivity contribution is -0.138. The van der Waals surface area contributed by atoms with Crippen molar-refractivity contribution in [3.63, 3.8) is 0 Å². The number of carbonyl (C=O) groups is 1. The molecular weight excluding hydrogens is 508 g/mol. The van der Waals surface area contributed by atoms with Crippen LogP contribution in [-0.2, 0) is 4.79 Å². The molecule has 0 saturated heterocycles. The highest BCUT2D eigenvalue weighted by Crippen LogP contribution is 2.16. The smallest absolute Gasteiger partial charge is 0.164 e. The van der Waals surface area contributed by atoms with Crippen LogP contribution in [0.1, 0.15) is 200 Å². The molecule has 3 N–H and O–H groups in total. The highest BCUT2D eigenvalue weighted by Gasteiger charge is 2.29. The van der Waals surface area contributed by atoms with Gasteiger partial charge in [0.05, 0.1) is 6.10 Å². The number of Topliss-reactive ketones (excluding diaryl/α,β-unsaturated/α-hetero) is 1. The molecule has 0 aromatic heterocycles. The fraction of sp³-hybridized carbons (Fsp3) is 0.919. The van der Waals surface area contributed by atoms with Crippen LogP contribution < -0.4 is 0 Å². The van der Waals surface area contributed by atoms with Gasteiger partial charge < -0.3 is 15.3 Å². The third kappa shape index (κ3) is 27.9. The Morgan fingerprint density at radius 2 is 0.829 bits per heavy atom. The number of aliphatic hydroxyl groups excluding tert-OH is 3. The summed E-state index contributed by atoms with van der Waals surface area (Å²) in [6.07, 6.45) is 34.9. The van der Waals surface area contributed by atoms with Crippen molar-refractivity contribution in [2.75, 3.05) is 0 Å². The van der Waals surface area contributed by atoms with Crippen molar-refractivity contribution in [2.45, 2.75) is 218 Å². The van der Waals surface area contributed by atoms with E-state index >= 15 is 0 Å². The van der Waals surface area contributed by atoms with E-state index in [9.17, 15) is 20.1 Å². The molecule has 0 aliphatic carbocycles. The van der Waals surface area contributed by atoms with E-state index in [0.29, 0.717) is 6.42 Å². The first kappa shape index (κ1) is 40.3. The molecule has 0 amide bonds. The number of ketones is 1. The molecule has 0 rings (SSSR count). The van der Waals surface area contributed by atoms with Crippen molar-refractivity contribution >= 4 is 5.78 Å². The van der Waals surface area contributed by atoms with E-state index in [2.05, 4.69) is 26.0 Å². The van der Waals surface area contributed by atoms with Crippen molar-refractivity contribution in [1.29, 1.82) is 0 Å². The molecular formula is C37H72O4. The number of allylic oxidation sites excluding steroid dienone is 2. The van der Waals surface area contributed by atoms with Gasteiger partial charge in [0.15, 0.2) is 5.78 Å². The minimum atomic E-state index is -1.46. The molecule has 0 aliphatic heterocycles. The van der Waals surface area contributed by atoms with Gasteiger partial charge in [-0.3, -0.25) is 4.79 Å². The standard InChI is InChI=1S/C37H72O4/c1-3-5-7-9-11-13-15-17-19-21-23-25-27-29-31-33-35(39)37(41)36(40)34(38)32-30-28-26-24-22-20-18-16-14-12-10-8-6-4-2/h17,19,34,36-38,40-41H,3-16,18,20-33H2,1-2H3/b19-17-. The number of carbonyl (C=O) groups excluding carboxylic acids is 1.